The molecule has 0 bridgehead atoms. The van der Waals surface area contributed by atoms with E-state index >= 15 is 0 Å². The molecule has 1 unspecified atom stereocenters. The molecule has 1 aliphatic heterocycles. The van der Waals surface area contributed by atoms with Crippen molar-refractivity contribution in [2.75, 3.05) is 4.90 Å². The molecule has 0 radical (unpaired) electrons. The second kappa shape index (κ2) is 8.61. The number of carbonyl (C=O) groups excluding carboxylic acids is 2. The summed E-state index contributed by atoms with van der Waals surface area (Å²) in [7, 11) is 1.85. The quantitative estimate of drug-likeness (QED) is 0.460. The number of halogens is 2. The van der Waals surface area contributed by atoms with Crippen LogP contribution in [0.5, 0.6) is 0 Å². The number of benzene rings is 2. The molecule has 0 saturated carbocycles. The third-order valence-electron chi connectivity index (χ3n) is 6.16. The lowest BCUT2D eigenvalue weighted by molar-refractivity contribution is -0.143. The summed E-state index contributed by atoms with van der Waals surface area (Å²) in [4.78, 5) is 26.8. The second-order valence-electron chi connectivity index (χ2n) is 8.82. The lowest BCUT2D eigenvalue weighted by Gasteiger charge is -2.29. The maximum Gasteiger partial charge on any atom is 0.321 e. The van der Waals surface area contributed by atoms with Gasteiger partial charge in [0.05, 0.1) is 36.0 Å². The molecule has 4 aromatic rings. The minimum atomic E-state index is -3.54. The highest BCUT2D eigenvalue weighted by Gasteiger charge is 2.45. The van der Waals surface area contributed by atoms with Crippen LogP contribution in [0.4, 0.5) is 14.5 Å². The molecular formula is C25H24F2N6O2. The van der Waals surface area contributed by atoms with E-state index in [1.807, 2.05) is 72.5 Å². The largest absolute Gasteiger partial charge is 0.345 e. The van der Waals surface area contributed by atoms with Crippen LogP contribution in [-0.4, -0.2) is 43.3 Å². The van der Waals surface area contributed by atoms with Crippen molar-refractivity contribution >= 4 is 28.4 Å². The Bertz CT molecular complexity index is 1390. The number of hydrogen-bond donors (Lipinski definition) is 1. The average Bonchev–Trinajstić information content (AvgIpc) is 3.50. The molecule has 0 spiro atoms. The number of rotatable bonds is 6. The molecule has 2 aromatic heterocycles. The fourth-order valence-electron chi connectivity index (χ4n) is 4.55. The normalized spacial score (nSPS) is 18.4. The van der Waals surface area contributed by atoms with Gasteiger partial charge in [-0.15, -0.1) is 0 Å². The van der Waals surface area contributed by atoms with Gasteiger partial charge >= 0.3 is 5.92 Å². The van der Waals surface area contributed by atoms with Crippen molar-refractivity contribution in [3.05, 3.63) is 78.2 Å². The zero-order valence-corrected chi connectivity index (χ0v) is 19.2. The number of aromatic nitrogens is 4. The predicted molar refractivity (Wildman–Crippen MR) is 126 cm³/mol. The van der Waals surface area contributed by atoms with Crippen molar-refractivity contribution in [2.24, 2.45) is 7.05 Å². The van der Waals surface area contributed by atoms with Gasteiger partial charge < -0.3 is 10.2 Å². The highest BCUT2D eigenvalue weighted by molar-refractivity contribution is 6.00. The third-order valence-corrected chi connectivity index (χ3v) is 6.16. The minimum Gasteiger partial charge on any atom is -0.345 e. The average molecular weight is 479 g/mol. The Morgan fingerprint density at radius 2 is 1.94 bits per heavy atom. The fraction of sp³-hybridized carbons (Fsp3) is 0.280. The first-order valence-corrected chi connectivity index (χ1v) is 11.2. The Morgan fingerprint density at radius 3 is 2.63 bits per heavy atom. The van der Waals surface area contributed by atoms with E-state index < -0.39 is 23.9 Å². The Kier molecular flexibility index (Phi) is 5.58. The maximum absolute atomic E-state index is 13.6. The number of hydrogen-bond acceptors (Lipinski definition) is 4. The smallest absolute Gasteiger partial charge is 0.321 e. The van der Waals surface area contributed by atoms with E-state index in [9.17, 15) is 18.4 Å². The molecule has 2 amide bonds. The van der Waals surface area contributed by atoms with Gasteiger partial charge in [-0.2, -0.15) is 19.0 Å². The van der Waals surface area contributed by atoms with Gasteiger partial charge in [0.2, 0.25) is 5.91 Å². The van der Waals surface area contributed by atoms with Crippen molar-refractivity contribution < 1.29 is 18.4 Å². The van der Waals surface area contributed by atoms with Crippen molar-refractivity contribution in [3.63, 3.8) is 0 Å². The van der Waals surface area contributed by atoms with Crippen LogP contribution in [0.2, 0.25) is 0 Å². The van der Waals surface area contributed by atoms with Gasteiger partial charge in [-0.05, 0) is 29.8 Å². The van der Waals surface area contributed by atoms with E-state index in [0.29, 0.717) is 19.2 Å². The van der Waals surface area contributed by atoms with Crippen LogP contribution in [0.3, 0.4) is 0 Å². The molecular weight excluding hydrogens is 454 g/mol. The van der Waals surface area contributed by atoms with E-state index in [2.05, 4.69) is 15.5 Å². The van der Waals surface area contributed by atoms with E-state index in [0.717, 1.165) is 22.2 Å². The van der Waals surface area contributed by atoms with E-state index in [1.54, 1.807) is 15.8 Å². The number of carbonyl (C=O) groups is 2. The molecule has 5 rings (SSSR count). The third kappa shape index (κ3) is 4.39. The van der Waals surface area contributed by atoms with E-state index in [1.165, 1.54) is 0 Å². The Hall–Kier alpha value is -4.08. The molecule has 1 fully saturated rings. The van der Waals surface area contributed by atoms with Crippen molar-refractivity contribution in [1.82, 2.24) is 24.9 Å². The first-order chi connectivity index (χ1) is 16.7. The van der Waals surface area contributed by atoms with Crippen LogP contribution in [0.25, 0.3) is 10.9 Å². The summed E-state index contributed by atoms with van der Waals surface area (Å²) >= 11 is 0. The summed E-state index contributed by atoms with van der Waals surface area (Å²) in [5, 5.41) is 12.1. The standard InChI is InChI=1S/C25H24F2N6O2/c1-25(26,27)24(35)29-20-13-22(34)33(23(20)16-6-4-3-5-7-16)19-8-9-21-17(12-19)14-28-32(21)15-18-10-11-31(2)30-18/h3-12,14,20,23H,13,15H2,1-2H3,(H,29,35)/t20-,23?/m0/s1. The molecule has 0 aliphatic carbocycles. The number of amides is 2. The lowest BCUT2D eigenvalue weighted by Crippen LogP contribution is -2.46. The molecule has 180 valence electrons. The molecule has 2 aromatic carbocycles. The minimum absolute atomic E-state index is 0.0850. The summed E-state index contributed by atoms with van der Waals surface area (Å²) in [5.74, 6) is -5.20. The molecule has 8 nitrogen and oxygen atoms in total. The number of nitrogens with one attached hydrogen (secondary N) is 1. The Morgan fingerprint density at radius 1 is 1.17 bits per heavy atom. The van der Waals surface area contributed by atoms with Gasteiger partial charge in [0.25, 0.3) is 5.91 Å². The lowest BCUT2D eigenvalue weighted by atomic mass is 9.99. The summed E-state index contributed by atoms with van der Waals surface area (Å²) in [5.41, 5.74) is 3.09. The highest BCUT2D eigenvalue weighted by Crippen LogP contribution is 2.38. The number of anilines is 1. The summed E-state index contributed by atoms with van der Waals surface area (Å²) in [6.07, 6.45) is 3.50. The maximum atomic E-state index is 13.6. The van der Waals surface area contributed by atoms with Gasteiger partial charge in [0.1, 0.15) is 0 Å². The number of aryl methyl sites for hydroxylation is 1. The van der Waals surface area contributed by atoms with Crippen LogP contribution in [0.1, 0.15) is 30.6 Å². The summed E-state index contributed by atoms with van der Waals surface area (Å²) in [6.45, 7) is 1.04. The molecule has 1 saturated heterocycles. The van der Waals surface area contributed by atoms with Crippen LogP contribution in [0, 0.1) is 0 Å². The molecule has 10 heteroatoms. The van der Waals surface area contributed by atoms with Crippen LogP contribution in [-0.2, 0) is 23.2 Å². The van der Waals surface area contributed by atoms with Crippen molar-refractivity contribution in [2.45, 2.75) is 37.9 Å². The first kappa shape index (κ1) is 22.7. The van der Waals surface area contributed by atoms with Crippen molar-refractivity contribution in [1.29, 1.82) is 0 Å². The van der Waals surface area contributed by atoms with Crippen LogP contribution in [0.15, 0.2) is 67.0 Å². The Labute approximate surface area is 200 Å². The fourth-order valence-corrected chi connectivity index (χ4v) is 4.55. The van der Waals surface area contributed by atoms with Gasteiger partial charge in [0.15, 0.2) is 0 Å². The van der Waals surface area contributed by atoms with Gasteiger partial charge in [0, 0.05) is 37.7 Å². The number of fused-ring (bicyclic) bond motifs is 1. The van der Waals surface area contributed by atoms with Crippen molar-refractivity contribution in [3.8, 4) is 0 Å². The van der Waals surface area contributed by atoms with E-state index in [-0.39, 0.29) is 12.3 Å². The summed E-state index contributed by atoms with van der Waals surface area (Å²) in [6, 6.07) is 15.1. The zero-order chi connectivity index (χ0) is 24.7. The first-order valence-electron chi connectivity index (χ1n) is 11.2. The van der Waals surface area contributed by atoms with Crippen LogP contribution < -0.4 is 10.2 Å². The Balaban J connectivity index is 1.49. The number of alkyl halides is 2. The zero-order valence-electron chi connectivity index (χ0n) is 19.2. The highest BCUT2D eigenvalue weighted by atomic mass is 19.3. The molecule has 1 aliphatic rings. The second-order valence-corrected chi connectivity index (χ2v) is 8.82. The SMILES string of the molecule is Cn1ccc(Cn2ncc3cc(N4C(=O)C[C@H](NC(=O)C(C)(F)F)C4c4ccccc4)ccc32)n1. The van der Waals surface area contributed by atoms with Gasteiger partial charge in [-0.25, -0.2) is 0 Å². The van der Waals surface area contributed by atoms with Crippen LogP contribution >= 0.6 is 0 Å². The van der Waals surface area contributed by atoms with E-state index in [4.69, 9.17) is 0 Å². The molecule has 2 atom stereocenters. The number of nitrogens with zero attached hydrogens (tertiary/aromatic N) is 5. The molecule has 1 N–H and O–H groups in total. The monoisotopic (exact) mass is 478 g/mol. The predicted octanol–water partition coefficient (Wildman–Crippen LogP) is 3.44. The van der Waals surface area contributed by atoms with Gasteiger partial charge in [-0.3, -0.25) is 19.0 Å². The van der Waals surface area contributed by atoms with Gasteiger partial charge in [-0.1, -0.05) is 30.3 Å². The molecule has 3 heterocycles. The topological polar surface area (TPSA) is 85.0 Å². The molecule has 35 heavy (non-hydrogen) atoms. The summed E-state index contributed by atoms with van der Waals surface area (Å²) < 4.78 is 30.8.